The summed E-state index contributed by atoms with van der Waals surface area (Å²) in [6.45, 7) is 12.3. The lowest BCUT2D eigenvalue weighted by Crippen LogP contribution is -2.50. The number of phenolic OH excluding ortho intramolecular Hbond substituents is 1. The first-order chi connectivity index (χ1) is 35.1. The molecule has 2 aromatic heterocycles. The smallest absolute Gasteiger partial charge is 0.328 e. The minimum atomic E-state index is -0.991. The molecule has 5 fully saturated rings. The van der Waals surface area contributed by atoms with Crippen molar-refractivity contribution in [3.8, 4) is 35.4 Å². The normalized spacial score (nSPS) is 21.7. The number of terminal acetylenes is 1. The van der Waals surface area contributed by atoms with Gasteiger partial charge in [0, 0.05) is 107 Å². The number of pyridine rings is 1. The van der Waals surface area contributed by atoms with Gasteiger partial charge in [-0.05, 0) is 111 Å². The third-order valence-electron chi connectivity index (χ3n) is 15.9. The SMILES string of the molecule is C#Cc1c(F)ccc2cc(O)cc(-c3ncc4c(N5CCC[C@@](C)(O)C5)nc(OC[C@H](C)CN5CCN(CC6CCC7(CC6)CCN(C(=O)c6ccc(Cl)c(N8CCC(=O)NC8=O)c6)CC7)CC5)nc4c3F)c12. The minimum Gasteiger partial charge on any atom is -0.508 e. The van der Waals surface area contributed by atoms with Gasteiger partial charge in [-0.1, -0.05) is 30.5 Å². The average Bonchev–Trinajstić information content (AvgIpc) is 3.37. The number of imide groups is 1. The van der Waals surface area contributed by atoms with E-state index in [2.05, 4.69) is 37.9 Å². The maximum absolute atomic E-state index is 17.0. The number of rotatable bonds is 11. The van der Waals surface area contributed by atoms with Gasteiger partial charge in [0.25, 0.3) is 5.91 Å². The number of hydrogen-bond donors (Lipinski definition) is 3. The predicted octanol–water partition coefficient (Wildman–Crippen LogP) is 8.01. The quantitative estimate of drug-likeness (QED) is 0.109. The molecule has 4 amide bonds. The molecule has 73 heavy (non-hydrogen) atoms. The van der Waals surface area contributed by atoms with Crippen LogP contribution < -0.4 is 19.9 Å². The Kier molecular flexibility index (Phi) is 14.2. The molecule has 4 aliphatic heterocycles. The van der Waals surface area contributed by atoms with E-state index in [1.807, 2.05) is 9.80 Å². The molecule has 2 atom stereocenters. The molecule has 0 bridgehead atoms. The number of β-amino-alcohol motifs (C(OH)–C–C–N with tert-alkyl or cyclic N) is 1. The van der Waals surface area contributed by atoms with Crippen molar-refractivity contribution in [1.82, 2.24) is 35.0 Å². The van der Waals surface area contributed by atoms with Crippen molar-refractivity contribution in [3.05, 3.63) is 76.4 Å². The first-order valence-corrected chi connectivity index (χ1v) is 26.0. The topological polar surface area (TPSA) is 168 Å². The van der Waals surface area contributed by atoms with Crippen LogP contribution in [0, 0.1) is 41.2 Å². The van der Waals surface area contributed by atoms with Gasteiger partial charge in [-0.2, -0.15) is 9.97 Å². The van der Waals surface area contributed by atoms with E-state index in [1.165, 1.54) is 61.0 Å². The van der Waals surface area contributed by atoms with Crippen LogP contribution in [0.25, 0.3) is 32.9 Å². The summed E-state index contributed by atoms with van der Waals surface area (Å²) in [4.78, 5) is 62.1. The number of hydrogen-bond acceptors (Lipinski definition) is 12. The Morgan fingerprint density at radius 3 is 2.45 bits per heavy atom. The Labute approximate surface area is 428 Å². The van der Waals surface area contributed by atoms with Gasteiger partial charge in [0.2, 0.25) is 5.91 Å². The third-order valence-corrected chi connectivity index (χ3v) is 16.3. The van der Waals surface area contributed by atoms with Gasteiger partial charge in [0.05, 0.1) is 33.9 Å². The summed E-state index contributed by atoms with van der Waals surface area (Å²) in [5.74, 6) is 1.48. The van der Waals surface area contributed by atoms with Crippen molar-refractivity contribution in [3.63, 3.8) is 0 Å². The van der Waals surface area contributed by atoms with Crippen molar-refractivity contribution in [2.75, 3.05) is 88.4 Å². The minimum absolute atomic E-state index is 0.0107. The zero-order valence-corrected chi connectivity index (χ0v) is 42.2. The number of aromatic nitrogens is 3. The van der Waals surface area contributed by atoms with Crippen LogP contribution in [0.2, 0.25) is 5.02 Å². The molecule has 0 unspecified atom stereocenters. The number of nitrogens with one attached hydrogen (secondary N) is 1. The summed E-state index contributed by atoms with van der Waals surface area (Å²) in [6.07, 6.45) is 15.3. The lowest BCUT2D eigenvalue weighted by atomic mass is 9.65. The van der Waals surface area contributed by atoms with Crippen molar-refractivity contribution >= 4 is 62.6 Å². The Balaban J connectivity index is 0.728. The molecule has 0 radical (unpaired) electrons. The van der Waals surface area contributed by atoms with Gasteiger partial charge in [-0.15, -0.1) is 6.42 Å². The molecule has 3 N–H and O–H groups in total. The van der Waals surface area contributed by atoms with Crippen LogP contribution in [0.15, 0.2) is 48.7 Å². The second-order valence-electron chi connectivity index (χ2n) is 21.4. The fourth-order valence-electron chi connectivity index (χ4n) is 11.9. The van der Waals surface area contributed by atoms with Crippen LogP contribution >= 0.6 is 11.6 Å². The van der Waals surface area contributed by atoms with Crippen LogP contribution in [0.3, 0.4) is 0 Å². The van der Waals surface area contributed by atoms with E-state index in [0.29, 0.717) is 71.3 Å². The molecular weight excluding hydrogens is 956 g/mol. The monoisotopic (exact) mass is 1020 g/mol. The Morgan fingerprint density at radius 1 is 0.973 bits per heavy atom. The van der Waals surface area contributed by atoms with Crippen molar-refractivity contribution in [2.45, 2.75) is 77.2 Å². The maximum Gasteiger partial charge on any atom is 0.328 e. The number of nitrogens with zero attached hydrogens (tertiary/aromatic N) is 8. The Morgan fingerprint density at radius 2 is 1.73 bits per heavy atom. The molecule has 5 aromatic rings. The van der Waals surface area contributed by atoms with Gasteiger partial charge >= 0.3 is 12.0 Å². The highest BCUT2D eigenvalue weighted by molar-refractivity contribution is 6.34. The summed E-state index contributed by atoms with van der Waals surface area (Å²) in [5.41, 5.74) is 0.00568. The lowest BCUT2D eigenvalue weighted by molar-refractivity contribution is -0.120. The number of carbonyl (C=O) groups is 3. The van der Waals surface area contributed by atoms with Crippen LogP contribution in [-0.2, 0) is 4.79 Å². The van der Waals surface area contributed by atoms with E-state index in [1.54, 1.807) is 25.1 Å². The molecule has 1 aliphatic carbocycles. The molecule has 18 heteroatoms. The number of phenols is 1. The van der Waals surface area contributed by atoms with E-state index < -0.39 is 23.3 Å². The third kappa shape index (κ3) is 10.6. The van der Waals surface area contributed by atoms with Gasteiger partial charge in [0.15, 0.2) is 5.82 Å². The number of benzene rings is 3. The second kappa shape index (κ2) is 20.6. The average molecular weight is 1020 g/mol. The number of likely N-dealkylation sites (tertiary alicyclic amines) is 1. The molecule has 1 spiro atoms. The summed E-state index contributed by atoms with van der Waals surface area (Å²) in [6, 6.07) is 9.91. The van der Waals surface area contributed by atoms with E-state index in [0.717, 1.165) is 52.1 Å². The first kappa shape index (κ1) is 50.3. The highest BCUT2D eigenvalue weighted by Gasteiger charge is 2.40. The van der Waals surface area contributed by atoms with E-state index in [4.69, 9.17) is 27.7 Å². The first-order valence-electron chi connectivity index (χ1n) is 25.6. The number of piperidine rings is 2. The number of carbonyl (C=O) groups excluding carboxylic acids is 3. The fraction of sp³-hybridized carbons (Fsp3) is 0.491. The number of aliphatic hydroxyl groups is 1. The van der Waals surface area contributed by atoms with Gasteiger partial charge < -0.3 is 34.5 Å². The summed E-state index contributed by atoms with van der Waals surface area (Å²) in [7, 11) is 0. The van der Waals surface area contributed by atoms with Crippen LogP contribution in [0.4, 0.5) is 25.1 Å². The second-order valence-corrected chi connectivity index (χ2v) is 21.8. The molecular formula is C55H62ClF2N9O6. The number of fused-ring (bicyclic) bond motifs is 2. The number of urea groups is 1. The number of halogens is 3. The zero-order chi connectivity index (χ0) is 51.2. The van der Waals surface area contributed by atoms with Crippen molar-refractivity contribution in [1.29, 1.82) is 0 Å². The number of amides is 4. The Bertz CT molecular complexity index is 3000. The van der Waals surface area contributed by atoms with Gasteiger partial charge in [-0.3, -0.25) is 24.8 Å². The summed E-state index contributed by atoms with van der Waals surface area (Å²) in [5, 5.41) is 25.4. The molecule has 5 aliphatic rings. The number of piperazine rings is 1. The standard InChI is InChI=1S/C55H62ClF2N9O6/c1-4-39-43(57)9-7-36-26-38(68)28-40(46(36)39)48-47(58)49-41(29-59-48)50(66-18-5-13-54(3,72)33-66)62-52(61-49)73-32-34(2)30-63-22-24-64(25-23-63)31-35-10-14-55(15-11-35)16-20-65(21-17-55)51(70)37-6-8-42(56)44(27-37)67-19-12-45(69)60-53(67)71/h1,6-9,26-29,34-35,68,72H,5,10-25,30-33H2,2-3H3,(H,60,69,71)/t34-,54-/m1/s1. The maximum atomic E-state index is 17.0. The number of aromatic hydroxyl groups is 1. The van der Waals surface area contributed by atoms with E-state index >= 15 is 8.78 Å². The zero-order valence-electron chi connectivity index (χ0n) is 41.4. The van der Waals surface area contributed by atoms with E-state index in [-0.39, 0.29) is 88.7 Å². The van der Waals surface area contributed by atoms with Crippen LogP contribution in [0.5, 0.6) is 11.8 Å². The molecule has 6 heterocycles. The predicted molar refractivity (Wildman–Crippen MR) is 276 cm³/mol. The fourth-order valence-corrected chi connectivity index (χ4v) is 12.1. The number of ether oxygens (including phenoxy) is 1. The molecule has 1 saturated carbocycles. The number of anilines is 2. The molecule has 3 aromatic carbocycles. The summed E-state index contributed by atoms with van der Waals surface area (Å²) >= 11 is 6.45. The highest BCUT2D eigenvalue weighted by Crippen LogP contribution is 2.47. The van der Waals surface area contributed by atoms with Gasteiger partial charge in [-0.25, -0.2) is 13.6 Å². The lowest BCUT2D eigenvalue weighted by Gasteiger charge is -2.47. The molecule has 384 valence electrons. The Hall–Kier alpha value is -6.19. The van der Waals surface area contributed by atoms with E-state index in [9.17, 15) is 24.6 Å². The van der Waals surface area contributed by atoms with Crippen LogP contribution in [0.1, 0.15) is 87.6 Å². The molecule has 15 nitrogen and oxygen atoms in total. The largest absolute Gasteiger partial charge is 0.508 e. The molecule has 10 rings (SSSR count). The van der Waals surface area contributed by atoms with Gasteiger partial charge in [0.1, 0.15) is 28.6 Å². The highest BCUT2D eigenvalue weighted by atomic mass is 35.5. The molecule has 4 saturated heterocycles. The van der Waals surface area contributed by atoms with Crippen molar-refractivity contribution < 1.29 is 38.1 Å². The van der Waals surface area contributed by atoms with Crippen molar-refractivity contribution in [2.24, 2.45) is 17.3 Å². The van der Waals surface area contributed by atoms with Crippen LogP contribution in [-0.4, -0.2) is 142 Å². The summed E-state index contributed by atoms with van der Waals surface area (Å²) < 4.78 is 38.3.